The second kappa shape index (κ2) is 6.71. The van der Waals surface area contributed by atoms with Crippen LogP contribution in [0.25, 0.3) is 0 Å². The fourth-order valence-corrected chi connectivity index (χ4v) is 1.95. The average molecular weight is 276 g/mol. The fourth-order valence-electron chi connectivity index (χ4n) is 1.95. The molecule has 0 fully saturated rings. The van der Waals surface area contributed by atoms with Crippen molar-refractivity contribution in [3.8, 4) is 0 Å². The SMILES string of the molecule is C=CCC(CO)(COC(=O)C(C)(C)C)c1ccccc1. The minimum absolute atomic E-state index is 0.0968. The number of rotatable bonds is 6. The fraction of sp³-hybridized carbons (Fsp3) is 0.471. The first-order chi connectivity index (χ1) is 9.35. The second-order valence-corrected chi connectivity index (χ2v) is 6.12. The maximum absolute atomic E-state index is 11.9. The maximum atomic E-state index is 11.9. The molecule has 0 saturated heterocycles. The standard InChI is InChI=1S/C17H24O3/c1-5-11-17(12-18,14-9-7-6-8-10-14)13-20-15(19)16(2,3)4/h5-10,18H,1,11-13H2,2-4H3. The molecular formula is C17H24O3. The number of allylic oxidation sites excluding steroid dienone is 1. The number of carbonyl (C=O) groups excluding carboxylic acids is 1. The summed E-state index contributed by atoms with van der Waals surface area (Å²) in [6.07, 6.45) is 2.29. The van der Waals surface area contributed by atoms with Crippen molar-refractivity contribution in [1.29, 1.82) is 0 Å². The van der Waals surface area contributed by atoms with Crippen LogP contribution < -0.4 is 0 Å². The van der Waals surface area contributed by atoms with Crippen LogP contribution in [-0.2, 0) is 14.9 Å². The first kappa shape index (κ1) is 16.4. The lowest BCUT2D eigenvalue weighted by atomic mass is 9.79. The van der Waals surface area contributed by atoms with Gasteiger partial charge in [-0.1, -0.05) is 36.4 Å². The van der Waals surface area contributed by atoms with Crippen LogP contribution in [0.1, 0.15) is 32.8 Å². The van der Waals surface area contributed by atoms with Crippen LogP contribution in [0.15, 0.2) is 43.0 Å². The van der Waals surface area contributed by atoms with Crippen LogP contribution in [0.2, 0.25) is 0 Å². The molecule has 0 bridgehead atoms. The lowest BCUT2D eigenvalue weighted by molar-refractivity contribution is -0.155. The van der Waals surface area contributed by atoms with Crippen LogP contribution in [0.3, 0.4) is 0 Å². The van der Waals surface area contributed by atoms with Gasteiger partial charge in [-0.15, -0.1) is 6.58 Å². The summed E-state index contributed by atoms with van der Waals surface area (Å²) in [6, 6.07) is 9.61. The van der Waals surface area contributed by atoms with E-state index in [4.69, 9.17) is 4.74 Å². The smallest absolute Gasteiger partial charge is 0.311 e. The summed E-state index contributed by atoms with van der Waals surface area (Å²) in [7, 11) is 0. The van der Waals surface area contributed by atoms with Crippen LogP contribution in [0, 0.1) is 5.41 Å². The van der Waals surface area contributed by atoms with Gasteiger partial charge in [0.1, 0.15) is 6.61 Å². The van der Waals surface area contributed by atoms with E-state index in [0.29, 0.717) is 6.42 Å². The van der Waals surface area contributed by atoms with Crippen molar-refractivity contribution in [2.24, 2.45) is 5.41 Å². The molecule has 0 amide bonds. The highest BCUT2D eigenvalue weighted by Crippen LogP contribution is 2.29. The molecule has 0 aliphatic carbocycles. The van der Waals surface area contributed by atoms with Crippen molar-refractivity contribution in [2.45, 2.75) is 32.6 Å². The largest absolute Gasteiger partial charge is 0.464 e. The molecule has 0 saturated carbocycles. The van der Waals surface area contributed by atoms with E-state index in [1.807, 2.05) is 51.1 Å². The monoisotopic (exact) mass is 276 g/mol. The van der Waals surface area contributed by atoms with Crippen molar-refractivity contribution >= 4 is 5.97 Å². The second-order valence-electron chi connectivity index (χ2n) is 6.12. The van der Waals surface area contributed by atoms with E-state index in [9.17, 15) is 9.90 Å². The Morgan fingerprint density at radius 2 is 1.90 bits per heavy atom. The normalized spacial score (nSPS) is 14.4. The summed E-state index contributed by atoms with van der Waals surface area (Å²) in [6.45, 7) is 9.23. The third-order valence-corrected chi connectivity index (χ3v) is 3.32. The average Bonchev–Trinajstić information content (AvgIpc) is 2.43. The van der Waals surface area contributed by atoms with E-state index < -0.39 is 10.8 Å². The van der Waals surface area contributed by atoms with Crippen LogP contribution >= 0.6 is 0 Å². The van der Waals surface area contributed by atoms with E-state index in [0.717, 1.165) is 5.56 Å². The minimum atomic E-state index is -0.621. The molecule has 1 atom stereocenters. The number of carbonyl (C=O) groups is 1. The Labute approximate surface area is 121 Å². The molecule has 1 aromatic rings. The van der Waals surface area contributed by atoms with Gasteiger partial charge in [0.15, 0.2) is 0 Å². The molecule has 3 nitrogen and oxygen atoms in total. The molecule has 0 spiro atoms. The van der Waals surface area contributed by atoms with E-state index in [1.165, 1.54) is 0 Å². The zero-order valence-electron chi connectivity index (χ0n) is 12.6. The lowest BCUT2D eigenvalue weighted by Gasteiger charge is -2.32. The molecule has 0 heterocycles. The summed E-state index contributed by atoms with van der Waals surface area (Å²) in [5.41, 5.74) is -0.222. The predicted octanol–water partition coefficient (Wildman–Crippen LogP) is 3.08. The van der Waals surface area contributed by atoms with Gasteiger partial charge in [-0.25, -0.2) is 0 Å². The van der Waals surface area contributed by atoms with Gasteiger partial charge in [0.05, 0.1) is 17.4 Å². The van der Waals surface area contributed by atoms with Crippen LogP contribution in [0.5, 0.6) is 0 Å². The molecule has 0 radical (unpaired) electrons. The van der Waals surface area contributed by atoms with Gasteiger partial charge in [-0.05, 0) is 32.8 Å². The molecule has 0 aliphatic rings. The molecule has 0 aromatic heterocycles. The van der Waals surface area contributed by atoms with E-state index in [-0.39, 0.29) is 19.2 Å². The van der Waals surface area contributed by atoms with Crippen molar-refractivity contribution in [3.05, 3.63) is 48.6 Å². The van der Waals surface area contributed by atoms with E-state index in [1.54, 1.807) is 6.08 Å². The Hall–Kier alpha value is -1.61. The molecule has 20 heavy (non-hydrogen) atoms. The highest BCUT2D eigenvalue weighted by atomic mass is 16.5. The van der Waals surface area contributed by atoms with Crippen LogP contribution in [0.4, 0.5) is 0 Å². The number of ether oxygens (including phenoxy) is 1. The predicted molar refractivity (Wildman–Crippen MR) is 80.4 cm³/mol. The van der Waals surface area contributed by atoms with Gasteiger partial charge in [0.25, 0.3) is 0 Å². The van der Waals surface area contributed by atoms with Gasteiger partial charge >= 0.3 is 5.97 Å². The molecule has 1 unspecified atom stereocenters. The topological polar surface area (TPSA) is 46.5 Å². The zero-order valence-corrected chi connectivity index (χ0v) is 12.6. The minimum Gasteiger partial charge on any atom is -0.464 e. The third kappa shape index (κ3) is 3.94. The van der Waals surface area contributed by atoms with Gasteiger partial charge in [0.2, 0.25) is 0 Å². The third-order valence-electron chi connectivity index (χ3n) is 3.32. The summed E-state index contributed by atoms with van der Waals surface area (Å²) >= 11 is 0. The zero-order chi connectivity index (χ0) is 15.2. The first-order valence-corrected chi connectivity index (χ1v) is 6.80. The lowest BCUT2D eigenvalue weighted by Crippen LogP contribution is -2.38. The van der Waals surface area contributed by atoms with Gasteiger partial charge in [-0.2, -0.15) is 0 Å². The Balaban J connectivity index is 2.96. The Morgan fingerprint density at radius 3 is 2.35 bits per heavy atom. The molecule has 3 heteroatoms. The highest BCUT2D eigenvalue weighted by Gasteiger charge is 2.34. The quantitative estimate of drug-likeness (QED) is 0.641. The number of aliphatic hydroxyl groups is 1. The summed E-state index contributed by atoms with van der Waals surface area (Å²) in [4.78, 5) is 11.9. The summed E-state index contributed by atoms with van der Waals surface area (Å²) < 4.78 is 5.42. The van der Waals surface area contributed by atoms with E-state index >= 15 is 0 Å². The highest BCUT2D eigenvalue weighted by molar-refractivity contribution is 5.75. The number of esters is 1. The van der Waals surface area contributed by atoms with Crippen LogP contribution in [-0.4, -0.2) is 24.3 Å². The van der Waals surface area contributed by atoms with Gasteiger partial charge in [0, 0.05) is 0 Å². The number of aliphatic hydroxyl groups excluding tert-OH is 1. The van der Waals surface area contributed by atoms with E-state index in [2.05, 4.69) is 6.58 Å². The van der Waals surface area contributed by atoms with Crippen molar-refractivity contribution in [1.82, 2.24) is 0 Å². The molecule has 0 aliphatic heterocycles. The first-order valence-electron chi connectivity index (χ1n) is 6.80. The van der Waals surface area contributed by atoms with Crippen molar-refractivity contribution in [2.75, 3.05) is 13.2 Å². The van der Waals surface area contributed by atoms with Gasteiger partial charge < -0.3 is 9.84 Å². The summed E-state index contributed by atoms with van der Waals surface area (Å²) in [5.74, 6) is -0.268. The molecular weight excluding hydrogens is 252 g/mol. The number of hydrogen-bond acceptors (Lipinski definition) is 3. The number of hydrogen-bond donors (Lipinski definition) is 1. The molecule has 1 N–H and O–H groups in total. The molecule has 1 rings (SSSR count). The Kier molecular flexibility index (Phi) is 5.52. The molecule has 1 aromatic carbocycles. The summed E-state index contributed by atoms with van der Waals surface area (Å²) in [5, 5.41) is 9.84. The molecule has 110 valence electrons. The van der Waals surface area contributed by atoms with Crippen molar-refractivity contribution < 1.29 is 14.6 Å². The Bertz CT molecular complexity index is 445. The maximum Gasteiger partial charge on any atom is 0.311 e. The van der Waals surface area contributed by atoms with Crippen molar-refractivity contribution in [3.63, 3.8) is 0 Å². The number of benzene rings is 1. The van der Waals surface area contributed by atoms with Gasteiger partial charge in [-0.3, -0.25) is 4.79 Å². The Morgan fingerprint density at radius 1 is 1.30 bits per heavy atom.